The van der Waals surface area contributed by atoms with Gasteiger partial charge < -0.3 is 10.0 Å². The lowest BCUT2D eigenvalue weighted by Crippen LogP contribution is -2.43. The highest BCUT2D eigenvalue weighted by Gasteiger charge is 2.31. The number of carbonyl (C=O) groups excluding carboxylic acids is 1. The van der Waals surface area contributed by atoms with Gasteiger partial charge >= 0.3 is 0 Å². The molecule has 2 aromatic rings. The summed E-state index contributed by atoms with van der Waals surface area (Å²) < 4.78 is 0. The van der Waals surface area contributed by atoms with Crippen molar-refractivity contribution >= 4 is 17.5 Å². The quantitative estimate of drug-likeness (QED) is 0.924. The molecule has 1 amide bonds. The van der Waals surface area contributed by atoms with Crippen LogP contribution in [0, 0.1) is 5.41 Å². The number of amides is 1. The van der Waals surface area contributed by atoms with E-state index in [1.165, 1.54) is 0 Å². The van der Waals surface area contributed by atoms with E-state index in [4.69, 9.17) is 11.6 Å². The second-order valence-electron chi connectivity index (χ2n) is 6.73. The van der Waals surface area contributed by atoms with E-state index in [1.807, 2.05) is 35.2 Å². The molecule has 126 valence electrons. The normalized spacial score (nSPS) is 16.9. The van der Waals surface area contributed by atoms with Gasteiger partial charge in [0.2, 0.25) is 0 Å². The van der Waals surface area contributed by atoms with Gasteiger partial charge in [0, 0.05) is 42.7 Å². The number of hydrogen-bond donors (Lipinski definition) is 1. The van der Waals surface area contributed by atoms with Gasteiger partial charge in [-0.2, -0.15) is 0 Å². The molecule has 0 saturated carbocycles. The zero-order chi connectivity index (χ0) is 17.2. The van der Waals surface area contributed by atoms with Crippen molar-refractivity contribution in [1.82, 2.24) is 9.88 Å². The molecule has 1 aromatic carbocycles. The summed E-state index contributed by atoms with van der Waals surface area (Å²) in [5, 5.41) is 10.1. The van der Waals surface area contributed by atoms with Crippen molar-refractivity contribution < 1.29 is 9.90 Å². The minimum atomic E-state index is -0.0693. The average molecular weight is 345 g/mol. The second kappa shape index (κ2) is 6.91. The van der Waals surface area contributed by atoms with Crippen molar-refractivity contribution in [1.29, 1.82) is 0 Å². The van der Waals surface area contributed by atoms with Gasteiger partial charge in [0.25, 0.3) is 5.91 Å². The van der Waals surface area contributed by atoms with Crippen LogP contribution in [0.1, 0.15) is 30.1 Å². The number of benzene rings is 1. The third-order valence-corrected chi connectivity index (χ3v) is 5.05. The maximum Gasteiger partial charge on any atom is 0.255 e. The number of aliphatic hydroxyl groups is 1. The van der Waals surface area contributed by atoms with Crippen molar-refractivity contribution in [2.75, 3.05) is 19.7 Å². The highest BCUT2D eigenvalue weighted by Crippen LogP contribution is 2.31. The largest absolute Gasteiger partial charge is 0.396 e. The zero-order valence-corrected chi connectivity index (χ0v) is 14.5. The molecule has 1 aliphatic heterocycles. The number of likely N-dealkylation sites (tertiary alicyclic amines) is 1. The summed E-state index contributed by atoms with van der Waals surface area (Å²) in [6.07, 6.45) is 5.00. The Bertz CT molecular complexity index is 722. The minimum absolute atomic E-state index is 0.00157. The predicted octanol–water partition coefficient (Wildman–Crippen LogP) is 3.64. The second-order valence-corrected chi connectivity index (χ2v) is 7.17. The maximum absolute atomic E-state index is 12.7. The van der Waals surface area contributed by atoms with Crippen molar-refractivity contribution in [3.8, 4) is 11.1 Å². The number of aliphatic hydroxyl groups excluding tert-OH is 1. The van der Waals surface area contributed by atoms with Crippen LogP contribution in [-0.4, -0.2) is 40.6 Å². The summed E-state index contributed by atoms with van der Waals surface area (Å²) in [5.74, 6) is -0.00157. The highest BCUT2D eigenvalue weighted by atomic mass is 35.5. The molecule has 0 aliphatic carbocycles. The fraction of sp³-hybridized carbons (Fsp3) is 0.368. The van der Waals surface area contributed by atoms with Crippen LogP contribution in [0.25, 0.3) is 11.1 Å². The molecule has 0 unspecified atom stereocenters. The van der Waals surface area contributed by atoms with Crippen molar-refractivity contribution in [3.63, 3.8) is 0 Å². The van der Waals surface area contributed by atoms with Crippen molar-refractivity contribution in [3.05, 3.63) is 53.3 Å². The molecular weight excluding hydrogens is 324 g/mol. The van der Waals surface area contributed by atoms with E-state index >= 15 is 0 Å². The smallest absolute Gasteiger partial charge is 0.255 e. The molecule has 4 nitrogen and oxygen atoms in total. The lowest BCUT2D eigenvalue weighted by molar-refractivity contribution is 0.0439. The van der Waals surface area contributed by atoms with Crippen LogP contribution in [-0.2, 0) is 0 Å². The van der Waals surface area contributed by atoms with Crippen LogP contribution in [0.2, 0.25) is 5.02 Å². The van der Waals surface area contributed by atoms with E-state index in [0.717, 1.165) is 24.0 Å². The van der Waals surface area contributed by atoms with Crippen LogP contribution >= 0.6 is 11.6 Å². The molecule has 2 heterocycles. The fourth-order valence-corrected chi connectivity index (χ4v) is 3.07. The van der Waals surface area contributed by atoms with Gasteiger partial charge in [0.15, 0.2) is 0 Å². The summed E-state index contributed by atoms with van der Waals surface area (Å²) >= 11 is 5.92. The van der Waals surface area contributed by atoms with Gasteiger partial charge in [-0.15, -0.1) is 0 Å². The third kappa shape index (κ3) is 3.60. The van der Waals surface area contributed by atoms with E-state index in [-0.39, 0.29) is 17.9 Å². The third-order valence-electron chi connectivity index (χ3n) is 4.80. The van der Waals surface area contributed by atoms with E-state index in [1.54, 1.807) is 12.4 Å². The molecule has 5 heteroatoms. The van der Waals surface area contributed by atoms with Crippen LogP contribution < -0.4 is 0 Å². The summed E-state index contributed by atoms with van der Waals surface area (Å²) in [4.78, 5) is 18.8. The van der Waals surface area contributed by atoms with Gasteiger partial charge in [-0.1, -0.05) is 30.7 Å². The molecule has 0 spiro atoms. The number of rotatable bonds is 3. The summed E-state index contributed by atoms with van der Waals surface area (Å²) in [7, 11) is 0. The van der Waals surface area contributed by atoms with Gasteiger partial charge in [-0.3, -0.25) is 9.78 Å². The Morgan fingerprint density at radius 3 is 2.50 bits per heavy atom. The predicted molar refractivity (Wildman–Crippen MR) is 95.0 cm³/mol. The fourth-order valence-electron chi connectivity index (χ4n) is 2.95. The van der Waals surface area contributed by atoms with Crippen LogP contribution in [0.3, 0.4) is 0 Å². The number of hydrogen-bond acceptors (Lipinski definition) is 3. The van der Waals surface area contributed by atoms with Gasteiger partial charge in [0.05, 0.1) is 5.56 Å². The first-order valence-electron chi connectivity index (χ1n) is 8.12. The molecular formula is C19H21ClN2O2. The Hall–Kier alpha value is -1.91. The lowest BCUT2D eigenvalue weighted by Gasteiger charge is -2.38. The molecule has 1 fully saturated rings. The van der Waals surface area contributed by atoms with Crippen molar-refractivity contribution in [2.24, 2.45) is 5.41 Å². The molecule has 0 atom stereocenters. The van der Waals surface area contributed by atoms with Crippen LogP contribution in [0.5, 0.6) is 0 Å². The Labute approximate surface area is 147 Å². The minimum Gasteiger partial charge on any atom is -0.396 e. The molecule has 0 radical (unpaired) electrons. The van der Waals surface area contributed by atoms with Gasteiger partial charge in [-0.25, -0.2) is 0 Å². The molecule has 1 aromatic heterocycles. The SMILES string of the molecule is CC1(CO)CCN(C(=O)c2cncc(-c3ccc(Cl)cc3)c2)CC1. The average Bonchev–Trinajstić information content (AvgIpc) is 2.62. The molecule has 0 bridgehead atoms. The van der Waals surface area contributed by atoms with E-state index in [9.17, 15) is 9.90 Å². The van der Waals surface area contributed by atoms with Crippen LogP contribution in [0.15, 0.2) is 42.7 Å². The van der Waals surface area contributed by atoms with E-state index in [0.29, 0.717) is 23.7 Å². The number of nitrogens with zero attached hydrogens (tertiary/aromatic N) is 2. The molecule has 24 heavy (non-hydrogen) atoms. The Morgan fingerprint density at radius 1 is 1.21 bits per heavy atom. The molecule has 3 rings (SSSR count). The Morgan fingerprint density at radius 2 is 1.88 bits per heavy atom. The van der Waals surface area contributed by atoms with E-state index in [2.05, 4.69) is 11.9 Å². The molecule has 1 aliphatic rings. The van der Waals surface area contributed by atoms with Crippen LogP contribution in [0.4, 0.5) is 0 Å². The first kappa shape index (κ1) is 16.9. The molecule has 1 N–H and O–H groups in total. The number of aromatic nitrogens is 1. The summed E-state index contributed by atoms with van der Waals surface area (Å²) in [6.45, 7) is 3.57. The number of halogens is 1. The first-order valence-corrected chi connectivity index (χ1v) is 8.50. The van der Waals surface area contributed by atoms with E-state index < -0.39 is 0 Å². The first-order chi connectivity index (χ1) is 11.5. The lowest BCUT2D eigenvalue weighted by atomic mass is 9.81. The van der Waals surface area contributed by atoms with Gasteiger partial charge in [0.1, 0.15) is 0 Å². The number of carbonyl (C=O) groups is 1. The Balaban J connectivity index is 1.77. The molecule has 1 saturated heterocycles. The van der Waals surface area contributed by atoms with Crippen molar-refractivity contribution in [2.45, 2.75) is 19.8 Å². The van der Waals surface area contributed by atoms with Gasteiger partial charge in [-0.05, 0) is 42.0 Å². The summed E-state index contributed by atoms with van der Waals surface area (Å²) in [5.41, 5.74) is 2.40. The highest BCUT2D eigenvalue weighted by molar-refractivity contribution is 6.30. The Kier molecular flexibility index (Phi) is 4.88. The topological polar surface area (TPSA) is 53.4 Å². The maximum atomic E-state index is 12.7. The summed E-state index contributed by atoms with van der Waals surface area (Å²) in [6, 6.07) is 9.36. The standard InChI is InChI=1S/C19H21ClN2O2/c1-19(13-23)6-8-22(9-7-19)18(24)16-10-15(11-21-12-16)14-2-4-17(20)5-3-14/h2-5,10-12,23H,6-9,13H2,1H3. The zero-order valence-electron chi connectivity index (χ0n) is 13.7. The number of piperidine rings is 1. The monoisotopic (exact) mass is 344 g/mol. The number of pyridine rings is 1.